The number of hydrogen-bond acceptors (Lipinski definition) is 8. The summed E-state index contributed by atoms with van der Waals surface area (Å²) >= 11 is 1.60. The number of nitrogens with zero attached hydrogens (tertiary/aromatic N) is 5. The number of benzene rings is 2. The fraction of sp³-hybridized carbons (Fsp3) is 0.269. The largest absolute Gasteiger partial charge is 0.320 e. The van der Waals surface area contributed by atoms with E-state index in [1.165, 1.54) is 6.20 Å². The third-order valence-electron chi connectivity index (χ3n) is 6.27. The van der Waals surface area contributed by atoms with Crippen molar-refractivity contribution in [3.8, 4) is 0 Å². The van der Waals surface area contributed by atoms with Crippen molar-refractivity contribution < 1.29 is 4.79 Å². The summed E-state index contributed by atoms with van der Waals surface area (Å²) in [6.07, 6.45) is 4.59. The van der Waals surface area contributed by atoms with Crippen LogP contribution < -0.4 is 10.6 Å². The lowest BCUT2D eigenvalue weighted by Crippen LogP contribution is -2.44. The molecule has 1 fully saturated rings. The molecule has 4 heterocycles. The number of para-hydroxylation sites is 3. The van der Waals surface area contributed by atoms with E-state index in [9.17, 15) is 4.79 Å². The van der Waals surface area contributed by atoms with Crippen molar-refractivity contribution in [3.63, 3.8) is 0 Å². The van der Waals surface area contributed by atoms with Crippen LogP contribution in [0.4, 0.5) is 5.69 Å². The number of anilines is 1. The molecule has 0 spiro atoms. The van der Waals surface area contributed by atoms with E-state index >= 15 is 0 Å². The summed E-state index contributed by atoms with van der Waals surface area (Å²) in [5, 5.41) is 8.32. The van der Waals surface area contributed by atoms with Crippen LogP contribution in [0.25, 0.3) is 11.0 Å². The zero-order chi connectivity index (χ0) is 23.6. The minimum absolute atomic E-state index is 0.0527. The molecule has 0 aliphatic carbocycles. The first-order valence-corrected chi connectivity index (χ1v) is 12.6. The monoisotopic (exact) mass is 483 g/mol. The van der Waals surface area contributed by atoms with Gasteiger partial charge in [0.25, 0.3) is 5.91 Å². The lowest BCUT2D eigenvalue weighted by Gasteiger charge is -2.28. The zero-order valence-electron chi connectivity index (χ0n) is 19.1. The number of aromatic nitrogens is 2. The van der Waals surface area contributed by atoms with Crippen molar-refractivity contribution in [1.29, 1.82) is 0 Å². The first kappa shape index (κ1) is 22.1. The fourth-order valence-electron chi connectivity index (χ4n) is 4.43. The second-order valence-corrected chi connectivity index (χ2v) is 9.71. The van der Waals surface area contributed by atoms with Gasteiger partial charge in [0.05, 0.1) is 28.6 Å². The Bertz CT molecular complexity index is 1380. The molecule has 1 unspecified atom stereocenters. The lowest BCUT2D eigenvalue weighted by molar-refractivity contribution is 0.102. The van der Waals surface area contributed by atoms with E-state index in [1.54, 1.807) is 11.8 Å². The van der Waals surface area contributed by atoms with Crippen molar-refractivity contribution in [2.24, 2.45) is 9.98 Å². The van der Waals surface area contributed by atoms with Crippen molar-refractivity contribution >= 4 is 44.5 Å². The minimum atomic E-state index is -0.297. The van der Waals surface area contributed by atoms with E-state index in [0.29, 0.717) is 11.2 Å². The Kier molecular flexibility index (Phi) is 6.12. The highest BCUT2D eigenvalue weighted by Crippen LogP contribution is 2.34. The van der Waals surface area contributed by atoms with Crippen LogP contribution >= 0.6 is 11.8 Å². The summed E-state index contributed by atoms with van der Waals surface area (Å²) in [5.74, 6) is -0.297. The lowest BCUT2D eigenvalue weighted by atomic mass is 10.1. The van der Waals surface area contributed by atoms with Gasteiger partial charge in [0.1, 0.15) is 21.8 Å². The van der Waals surface area contributed by atoms with E-state index in [-0.39, 0.29) is 17.6 Å². The van der Waals surface area contributed by atoms with Crippen LogP contribution in [-0.4, -0.2) is 69.6 Å². The molecule has 0 radical (unpaired) electrons. The van der Waals surface area contributed by atoms with Gasteiger partial charge in [0.2, 0.25) is 0 Å². The average Bonchev–Trinajstić information content (AvgIpc) is 3.32. The highest BCUT2D eigenvalue weighted by atomic mass is 32.2. The number of rotatable bonds is 5. The van der Waals surface area contributed by atoms with Gasteiger partial charge in [-0.3, -0.25) is 19.7 Å². The summed E-state index contributed by atoms with van der Waals surface area (Å²) in [4.78, 5) is 34.2. The summed E-state index contributed by atoms with van der Waals surface area (Å²) in [6, 6.07) is 15.3. The number of hydrogen-bond donors (Lipinski definition) is 2. The summed E-state index contributed by atoms with van der Waals surface area (Å²) in [6.45, 7) is 5.04. The van der Waals surface area contributed by atoms with Gasteiger partial charge in [-0.15, -0.1) is 0 Å². The number of aliphatic imine (C=N–C) groups is 2. The molecule has 0 bridgehead atoms. The van der Waals surface area contributed by atoms with Gasteiger partial charge < -0.3 is 10.6 Å². The number of piperazine rings is 1. The van der Waals surface area contributed by atoms with E-state index in [1.807, 2.05) is 48.5 Å². The van der Waals surface area contributed by atoms with Crippen LogP contribution in [0.1, 0.15) is 22.5 Å². The molecule has 6 rings (SSSR count). The first-order valence-electron chi connectivity index (χ1n) is 11.8. The number of carbonyl (C=O) groups is 1. The van der Waals surface area contributed by atoms with Gasteiger partial charge in [0, 0.05) is 38.3 Å². The van der Waals surface area contributed by atoms with Crippen LogP contribution in [0.5, 0.6) is 0 Å². The van der Waals surface area contributed by atoms with Crippen molar-refractivity contribution in [2.45, 2.75) is 12.5 Å². The smallest absolute Gasteiger partial charge is 0.275 e. The standard InChI is InChI=1S/C26H25N7OS/c34-24(23-15-28-20-7-3-4-8-21(20)30-23)31-19-6-2-1-5-18(19)25-32-22-10-9-17(29-26(22)35-25)16-33-13-11-27-12-14-33/h1-9,15,22,27H,10-14,16H2,(H,31,34). The fourth-order valence-corrected chi connectivity index (χ4v) is 5.54. The highest BCUT2D eigenvalue weighted by Gasteiger charge is 2.30. The average molecular weight is 484 g/mol. The molecule has 2 aromatic carbocycles. The molecule has 1 aromatic heterocycles. The second-order valence-electron chi connectivity index (χ2n) is 8.70. The molecule has 2 N–H and O–H groups in total. The molecule has 3 aromatic rings. The number of fused-ring (bicyclic) bond motifs is 2. The van der Waals surface area contributed by atoms with E-state index in [2.05, 4.69) is 31.6 Å². The maximum absolute atomic E-state index is 13.0. The van der Waals surface area contributed by atoms with Crippen LogP contribution in [0.15, 0.2) is 76.5 Å². The van der Waals surface area contributed by atoms with Crippen molar-refractivity contribution in [1.82, 2.24) is 20.2 Å². The normalized spacial score (nSPS) is 20.1. The molecule has 3 aliphatic rings. The van der Waals surface area contributed by atoms with Crippen LogP contribution in [0.2, 0.25) is 0 Å². The van der Waals surface area contributed by atoms with E-state index < -0.39 is 0 Å². The highest BCUT2D eigenvalue weighted by molar-refractivity contribution is 8.27. The molecule has 1 saturated heterocycles. The maximum atomic E-state index is 13.0. The van der Waals surface area contributed by atoms with Gasteiger partial charge >= 0.3 is 0 Å². The van der Waals surface area contributed by atoms with Crippen molar-refractivity contribution in [2.75, 3.05) is 38.0 Å². The Labute approximate surface area is 207 Å². The Balaban J connectivity index is 1.18. The molecule has 35 heavy (non-hydrogen) atoms. The van der Waals surface area contributed by atoms with Gasteiger partial charge in [-0.1, -0.05) is 48.2 Å². The maximum Gasteiger partial charge on any atom is 0.275 e. The Hall–Kier alpha value is -3.40. The Morgan fingerprint density at radius 1 is 1.09 bits per heavy atom. The second kappa shape index (κ2) is 9.69. The topological polar surface area (TPSA) is 94.9 Å². The van der Waals surface area contributed by atoms with E-state index in [4.69, 9.17) is 9.98 Å². The van der Waals surface area contributed by atoms with Crippen LogP contribution in [-0.2, 0) is 0 Å². The summed E-state index contributed by atoms with van der Waals surface area (Å²) in [5.41, 5.74) is 4.44. The van der Waals surface area contributed by atoms with Crippen LogP contribution in [0.3, 0.4) is 0 Å². The molecule has 1 atom stereocenters. The molecule has 1 amide bonds. The minimum Gasteiger partial charge on any atom is -0.320 e. The summed E-state index contributed by atoms with van der Waals surface area (Å²) in [7, 11) is 0. The quantitative estimate of drug-likeness (QED) is 0.578. The van der Waals surface area contributed by atoms with Gasteiger partial charge in [-0.25, -0.2) is 9.98 Å². The number of nitrogens with one attached hydrogen (secondary N) is 2. The number of thioether (sulfide) groups is 1. The Morgan fingerprint density at radius 2 is 1.89 bits per heavy atom. The third-order valence-corrected chi connectivity index (χ3v) is 7.36. The van der Waals surface area contributed by atoms with Crippen LogP contribution in [0, 0.1) is 0 Å². The molecule has 3 aliphatic heterocycles. The van der Waals surface area contributed by atoms with Gasteiger partial charge in [0.15, 0.2) is 0 Å². The summed E-state index contributed by atoms with van der Waals surface area (Å²) < 4.78 is 0. The molecular formula is C26H25N7OS. The van der Waals surface area contributed by atoms with Gasteiger partial charge in [-0.2, -0.15) is 0 Å². The molecular weight excluding hydrogens is 458 g/mol. The predicted octanol–water partition coefficient (Wildman–Crippen LogP) is 3.34. The first-order chi connectivity index (χ1) is 17.2. The third kappa shape index (κ3) is 4.75. The SMILES string of the molecule is O=C(Nc1ccccc1C1=NC2CC=C(CN3CCNCC3)N=C2S1)c1cnc2ccccc2n1. The molecule has 176 valence electrons. The Morgan fingerprint density at radius 3 is 2.77 bits per heavy atom. The zero-order valence-corrected chi connectivity index (χ0v) is 20.0. The van der Waals surface area contributed by atoms with Crippen molar-refractivity contribution in [3.05, 3.63) is 77.8 Å². The van der Waals surface area contributed by atoms with Gasteiger partial charge in [-0.05, 0) is 24.6 Å². The number of carbonyl (C=O) groups excluding carboxylic acids is 1. The molecule has 0 saturated carbocycles. The molecule has 8 nitrogen and oxygen atoms in total. The predicted molar refractivity (Wildman–Crippen MR) is 141 cm³/mol. The van der Waals surface area contributed by atoms with E-state index in [0.717, 1.165) is 66.0 Å². The molecule has 9 heteroatoms. The number of amides is 1.